The lowest BCUT2D eigenvalue weighted by Crippen LogP contribution is -2.28. The molecular weight excluding hydrogens is 274 g/mol. The summed E-state index contributed by atoms with van der Waals surface area (Å²) in [6.45, 7) is 3.94. The average Bonchev–Trinajstić information content (AvgIpc) is 2.45. The predicted molar refractivity (Wildman–Crippen MR) is 81.0 cm³/mol. The number of amides is 1. The second-order valence-corrected chi connectivity index (χ2v) is 6.04. The number of hydrogen-bond donors (Lipinski definition) is 2. The Balaban J connectivity index is 2.65. The molecule has 0 saturated heterocycles. The van der Waals surface area contributed by atoms with Crippen molar-refractivity contribution in [1.82, 2.24) is 5.32 Å². The molecule has 0 aliphatic heterocycles. The average molecular weight is 293 g/mol. The smallest absolute Gasteiger partial charge is 0.251 e. The van der Waals surface area contributed by atoms with E-state index in [0.717, 1.165) is 11.1 Å². The highest BCUT2D eigenvalue weighted by Gasteiger charge is 2.07. The van der Waals surface area contributed by atoms with Gasteiger partial charge in [-0.05, 0) is 30.7 Å². The topological polar surface area (TPSA) is 66.4 Å². The van der Waals surface area contributed by atoms with Crippen LogP contribution >= 0.6 is 0 Å². The summed E-state index contributed by atoms with van der Waals surface area (Å²) in [7, 11) is -0.868. The molecule has 0 aliphatic rings. The number of carbonyl (C=O) groups is 1. The molecule has 1 aromatic carbocycles. The lowest BCUT2D eigenvalue weighted by molar-refractivity contribution is 0.0956. The number of nitrogens with one attached hydrogen (secondary N) is 1. The van der Waals surface area contributed by atoms with E-state index in [0.29, 0.717) is 23.6 Å². The van der Waals surface area contributed by atoms with Crippen LogP contribution in [-0.2, 0) is 10.8 Å². The minimum atomic E-state index is -0.868. The van der Waals surface area contributed by atoms with Gasteiger partial charge < -0.3 is 10.4 Å². The maximum absolute atomic E-state index is 11.9. The van der Waals surface area contributed by atoms with Gasteiger partial charge >= 0.3 is 0 Å². The summed E-state index contributed by atoms with van der Waals surface area (Å²) >= 11 is 0. The highest BCUT2D eigenvalue weighted by Crippen LogP contribution is 2.10. The molecule has 1 amide bonds. The Bertz CT molecular complexity index is 558. The molecule has 0 fully saturated rings. The summed E-state index contributed by atoms with van der Waals surface area (Å²) in [6.07, 6.45) is 0. The maximum atomic E-state index is 11.9. The van der Waals surface area contributed by atoms with Crippen molar-refractivity contribution in [2.75, 3.05) is 24.7 Å². The summed E-state index contributed by atoms with van der Waals surface area (Å²) in [4.78, 5) is 11.9. The Hall–Kier alpha value is -1.64. The van der Waals surface area contributed by atoms with Crippen LogP contribution < -0.4 is 5.32 Å². The molecule has 0 heterocycles. The molecule has 1 aromatic rings. The van der Waals surface area contributed by atoms with Crippen LogP contribution in [0.25, 0.3) is 0 Å². The van der Waals surface area contributed by atoms with E-state index in [9.17, 15) is 9.00 Å². The summed E-state index contributed by atoms with van der Waals surface area (Å²) in [5.41, 5.74) is 2.23. The number of aryl methyl sites for hydroxylation is 1. The van der Waals surface area contributed by atoms with Crippen molar-refractivity contribution in [2.24, 2.45) is 0 Å². The number of hydrogen-bond acceptors (Lipinski definition) is 3. The molecule has 0 radical (unpaired) electrons. The van der Waals surface area contributed by atoms with Crippen molar-refractivity contribution < 1.29 is 14.1 Å². The van der Waals surface area contributed by atoms with Gasteiger partial charge in [0.05, 0.1) is 0 Å². The van der Waals surface area contributed by atoms with Gasteiger partial charge in [0.2, 0.25) is 0 Å². The Morgan fingerprint density at radius 2 is 2.20 bits per heavy atom. The van der Waals surface area contributed by atoms with Gasteiger partial charge in [-0.3, -0.25) is 9.00 Å². The molecule has 0 bridgehead atoms. The van der Waals surface area contributed by atoms with E-state index in [1.54, 1.807) is 18.2 Å². The van der Waals surface area contributed by atoms with Gasteiger partial charge in [0, 0.05) is 40.0 Å². The summed E-state index contributed by atoms with van der Waals surface area (Å²) < 4.78 is 11.3. The van der Waals surface area contributed by atoms with Gasteiger partial charge in [0.1, 0.15) is 6.61 Å². The number of carbonyl (C=O) groups excluding carboxylic acids is 1. The normalized spacial score (nSPS) is 11.3. The lowest BCUT2D eigenvalue weighted by Gasteiger charge is -2.06. The summed E-state index contributed by atoms with van der Waals surface area (Å²) in [5, 5.41) is 11.4. The molecule has 0 aromatic heterocycles. The molecule has 2 N–H and O–H groups in total. The second kappa shape index (κ2) is 8.51. The lowest BCUT2D eigenvalue weighted by atomic mass is 10.0. The van der Waals surface area contributed by atoms with Crippen LogP contribution in [0.5, 0.6) is 0 Å². The van der Waals surface area contributed by atoms with E-state index >= 15 is 0 Å². The van der Waals surface area contributed by atoms with Gasteiger partial charge in [-0.1, -0.05) is 18.8 Å². The van der Waals surface area contributed by atoms with Crippen LogP contribution in [0.2, 0.25) is 0 Å². The van der Waals surface area contributed by atoms with Crippen molar-refractivity contribution in [3.8, 4) is 11.8 Å². The molecule has 0 saturated carbocycles. The second-order valence-electron chi connectivity index (χ2n) is 4.18. The third kappa shape index (κ3) is 5.16. The van der Waals surface area contributed by atoms with Gasteiger partial charge in [-0.25, -0.2) is 0 Å². The fourth-order valence-corrected chi connectivity index (χ4v) is 2.22. The molecule has 5 heteroatoms. The van der Waals surface area contributed by atoms with E-state index in [1.165, 1.54) is 0 Å². The monoisotopic (exact) mass is 293 g/mol. The van der Waals surface area contributed by atoms with Crippen LogP contribution in [0.15, 0.2) is 18.2 Å². The quantitative estimate of drug-likeness (QED) is 0.791. The molecular formula is C15H19NO3S. The van der Waals surface area contributed by atoms with E-state index in [2.05, 4.69) is 17.2 Å². The Labute approximate surface area is 122 Å². The van der Waals surface area contributed by atoms with Crippen LogP contribution in [0.4, 0.5) is 0 Å². The Kier molecular flexibility index (Phi) is 6.99. The van der Waals surface area contributed by atoms with Crippen LogP contribution in [0.1, 0.15) is 28.4 Å². The van der Waals surface area contributed by atoms with Gasteiger partial charge in [0.25, 0.3) is 5.91 Å². The number of benzene rings is 1. The summed E-state index contributed by atoms with van der Waals surface area (Å²) in [5.74, 6) is 6.30. The van der Waals surface area contributed by atoms with Gasteiger partial charge in [-0.2, -0.15) is 0 Å². The zero-order chi connectivity index (χ0) is 15.0. The minimum Gasteiger partial charge on any atom is -0.384 e. The van der Waals surface area contributed by atoms with Crippen LogP contribution in [0, 0.1) is 18.8 Å². The molecule has 4 nitrogen and oxygen atoms in total. The Morgan fingerprint density at radius 3 is 2.80 bits per heavy atom. The minimum absolute atomic E-state index is 0.178. The van der Waals surface area contributed by atoms with Crippen molar-refractivity contribution in [1.29, 1.82) is 0 Å². The molecule has 1 unspecified atom stereocenters. The van der Waals surface area contributed by atoms with Crippen molar-refractivity contribution in [3.05, 3.63) is 34.9 Å². The standard InChI is InChI=1S/C15H19NO3S/c1-3-20(19)10-8-16-15(18)14-7-6-13(5-4-9-17)12(2)11-14/h6-7,11,17H,3,8-10H2,1-2H3,(H,16,18). The predicted octanol–water partition coefficient (Wildman–Crippen LogP) is 0.837. The largest absolute Gasteiger partial charge is 0.384 e. The first-order valence-corrected chi connectivity index (χ1v) is 7.90. The van der Waals surface area contributed by atoms with E-state index in [4.69, 9.17) is 5.11 Å². The van der Waals surface area contributed by atoms with E-state index < -0.39 is 10.8 Å². The van der Waals surface area contributed by atoms with Gasteiger partial charge in [0.15, 0.2) is 0 Å². The van der Waals surface area contributed by atoms with Crippen molar-refractivity contribution in [2.45, 2.75) is 13.8 Å². The number of aliphatic hydroxyl groups excluding tert-OH is 1. The Morgan fingerprint density at radius 1 is 1.45 bits per heavy atom. The number of rotatable bonds is 5. The van der Waals surface area contributed by atoms with Gasteiger partial charge in [-0.15, -0.1) is 0 Å². The van der Waals surface area contributed by atoms with Crippen LogP contribution in [0.3, 0.4) is 0 Å². The first-order chi connectivity index (χ1) is 9.58. The maximum Gasteiger partial charge on any atom is 0.251 e. The fourth-order valence-electron chi connectivity index (χ4n) is 1.60. The number of aliphatic hydroxyl groups is 1. The highest BCUT2D eigenvalue weighted by molar-refractivity contribution is 7.84. The molecule has 1 atom stereocenters. The third-order valence-corrected chi connectivity index (χ3v) is 4.03. The molecule has 20 heavy (non-hydrogen) atoms. The SMILES string of the molecule is CCS(=O)CCNC(=O)c1ccc(C#CCO)c(C)c1. The molecule has 0 aliphatic carbocycles. The van der Waals surface area contributed by atoms with E-state index in [-0.39, 0.29) is 12.5 Å². The molecule has 108 valence electrons. The van der Waals surface area contributed by atoms with Crippen molar-refractivity contribution in [3.63, 3.8) is 0 Å². The molecule has 1 rings (SSSR count). The fraction of sp³-hybridized carbons (Fsp3) is 0.400. The van der Waals surface area contributed by atoms with Crippen LogP contribution in [-0.4, -0.2) is 39.9 Å². The first kappa shape index (κ1) is 16.4. The van der Waals surface area contributed by atoms with E-state index in [1.807, 2.05) is 13.8 Å². The zero-order valence-electron chi connectivity index (χ0n) is 11.7. The van der Waals surface area contributed by atoms with Crippen molar-refractivity contribution >= 4 is 16.7 Å². The zero-order valence-corrected chi connectivity index (χ0v) is 12.5. The summed E-state index contributed by atoms with van der Waals surface area (Å²) in [6, 6.07) is 5.21. The first-order valence-electron chi connectivity index (χ1n) is 6.42. The molecule has 0 spiro atoms. The third-order valence-electron chi connectivity index (χ3n) is 2.73. The highest BCUT2D eigenvalue weighted by atomic mass is 32.2.